The van der Waals surface area contributed by atoms with Crippen molar-refractivity contribution in [3.05, 3.63) is 0 Å². The third-order valence-electron chi connectivity index (χ3n) is 3.06. The van der Waals surface area contributed by atoms with Gasteiger partial charge in [-0.3, -0.25) is 4.99 Å². The second kappa shape index (κ2) is 8.02. The van der Waals surface area contributed by atoms with Gasteiger partial charge in [0.1, 0.15) is 0 Å². The third kappa shape index (κ3) is 6.97. The smallest absolute Gasteiger partial charge is 0.156 e. The van der Waals surface area contributed by atoms with Crippen LogP contribution in [0.25, 0.3) is 0 Å². The number of hydrogen-bond acceptors (Lipinski definition) is 3. The Morgan fingerprint density at radius 1 is 1.18 bits per heavy atom. The van der Waals surface area contributed by atoms with Gasteiger partial charge in [-0.05, 0) is 11.8 Å². The van der Waals surface area contributed by atoms with Gasteiger partial charge in [-0.2, -0.15) is 0 Å². The molecule has 0 amide bonds. The Labute approximate surface area is 111 Å². The van der Waals surface area contributed by atoms with E-state index in [1.54, 1.807) is 0 Å². The molecular weight excluding hydrogens is 228 g/mol. The lowest BCUT2D eigenvalue weighted by Gasteiger charge is -2.27. The van der Waals surface area contributed by atoms with Crippen molar-refractivity contribution in [2.75, 3.05) is 18.8 Å². The van der Waals surface area contributed by atoms with Gasteiger partial charge in [0.25, 0.3) is 0 Å². The van der Waals surface area contributed by atoms with E-state index in [0.29, 0.717) is 5.41 Å². The van der Waals surface area contributed by atoms with Crippen LogP contribution in [-0.2, 0) is 0 Å². The van der Waals surface area contributed by atoms with Crippen LogP contribution in [0.2, 0.25) is 0 Å². The zero-order valence-electron chi connectivity index (χ0n) is 11.7. The lowest BCUT2D eigenvalue weighted by atomic mass is 9.97. The van der Waals surface area contributed by atoms with E-state index in [1.165, 1.54) is 44.3 Å². The van der Waals surface area contributed by atoms with Crippen LogP contribution in [0.4, 0.5) is 0 Å². The van der Waals surface area contributed by atoms with Crippen LogP contribution in [0.1, 0.15) is 59.3 Å². The fourth-order valence-corrected chi connectivity index (χ4v) is 2.83. The molecule has 2 nitrogen and oxygen atoms in total. The molecule has 1 heterocycles. The zero-order valence-corrected chi connectivity index (χ0v) is 12.5. The molecule has 100 valence electrons. The number of thioether (sulfide) groups is 1. The van der Waals surface area contributed by atoms with Gasteiger partial charge in [0.05, 0.1) is 0 Å². The maximum Gasteiger partial charge on any atom is 0.156 e. The fraction of sp³-hybridized carbons (Fsp3) is 0.929. The van der Waals surface area contributed by atoms with Crippen molar-refractivity contribution in [3.63, 3.8) is 0 Å². The molecule has 0 aromatic heterocycles. The predicted molar refractivity (Wildman–Crippen MR) is 79.9 cm³/mol. The number of hydrogen-bond donors (Lipinski definition) is 1. The Hall–Kier alpha value is -0.180. The average molecular weight is 256 g/mol. The van der Waals surface area contributed by atoms with Gasteiger partial charge in [-0.25, -0.2) is 0 Å². The molecule has 0 fully saturated rings. The summed E-state index contributed by atoms with van der Waals surface area (Å²) in [6.07, 6.45) is 8.16. The summed E-state index contributed by atoms with van der Waals surface area (Å²) >= 11 is 1.88. The second-order valence-corrected chi connectivity index (χ2v) is 6.73. The van der Waals surface area contributed by atoms with Gasteiger partial charge in [-0.1, -0.05) is 64.6 Å². The van der Waals surface area contributed by atoms with E-state index in [4.69, 9.17) is 0 Å². The maximum absolute atomic E-state index is 4.60. The molecule has 0 bridgehead atoms. The van der Waals surface area contributed by atoms with Gasteiger partial charge in [0.2, 0.25) is 0 Å². The Morgan fingerprint density at radius 3 is 2.53 bits per heavy atom. The highest BCUT2D eigenvalue weighted by Crippen LogP contribution is 2.26. The molecule has 0 aliphatic carbocycles. The zero-order chi connectivity index (χ0) is 12.6. The Balaban J connectivity index is 1.98. The summed E-state index contributed by atoms with van der Waals surface area (Å²) < 4.78 is 0. The van der Waals surface area contributed by atoms with Crippen LogP contribution in [0.15, 0.2) is 4.99 Å². The van der Waals surface area contributed by atoms with Crippen molar-refractivity contribution in [2.45, 2.75) is 59.3 Å². The summed E-state index contributed by atoms with van der Waals surface area (Å²) in [5.41, 5.74) is 0.385. The van der Waals surface area contributed by atoms with Crippen LogP contribution in [0.3, 0.4) is 0 Å². The molecule has 0 saturated heterocycles. The van der Waals surface area contributed by atoms with Gasteiger partial charge >= 0.3 is 0 Å². The number of amidine groups is 1. The minimum Gasteiger partial charge on any atom is -0.365 e. The first-order valence-electron chi connectivity index (χ1n) is 7.05. The molecule has 0 saturated carbocycles. The van der Waals surface area contributed by atoms with Crippen LogP contribution < -0.4 is 5.32 Å². The molecule has 0 atom stereocenters. The molecule has 17 heavy (non-hydrogen) atoms. The summed E-state index contributed by atoms with van der Waals surface area (Å²) in [5.74, 6) is 1.19. The fourth-order valence-electron chi connectivity index (χ4n) is 1.85. The number of nitrogens with one attached hydrogen (secondary N) is 1. The van der Waals surface area contributed by atoms with Crippen LogP contribution >= 0.6 is 11.8 Å². The highest BCUT2D eigenvalue weighted by molar-refractivity contribution is 8.13. The van der Waals surface area contributed by atoms with E-state index in [9.17, 15) is 0 Å². The minimum atomic E-state index is 0.385. The summed E-state index contributed by atoms with van der Waals surface area (Å²) in [6.45, 7) is 8.90. The Kier molecular flexibility index (Phi) is 7.02. The SMILES string of the molecule is CCCCCCCCNC1=NCC(C)(C)CS1. The summed E-state index contributed by atoms with van der Waals surface area (Å²) in [4.78, 5) is 4.60. The first-order chi connectivity index (χ1) is 8.14. The van der Waals surface area contributed by atoms with Crippen molar-refractivity contribution in [3.8, 4) is 0 Å². The second-order valence-electron chi connectivity index (χ2n) is 5.77. The molecule has 1 rings (SSSR count). The molecule has 3 heteroatoms. The van der Waals surface area contributed by atoms with Crippen LogP contribution in [0.5, 0.6) is 0 Å². The lowest BCUT2D eigenvalue weighted by molar-refractivity contribution is 0.436. The maximum atomic E-state index is 4.60. The molecule has 0 aromatic carbocycles. The monoisotopic (exact) mass is 256 g/mol. The van der Waals surface area contributed by atoms with Gasteiger partial charge in [-0.15, -0.1) is 0 Å². The van der Waals surface area contributed by atoms with E-state index in [0.717, 1.165) is 18.3 Å². The largest absolute Gasteiger partial charge is 0.365 e. The van der Waals surface area contributed by atoms with E-state index in [-0.39, 0.29) is 0 Å². The first-order valence-corrected chi connectivity index (χ1v) is 8.04. The minimum absolute atomic E-state index is 0.385. The van der Waals surface area contributed by atoms with Gasteiger partial charge in [0, 0.05) is 18.8 Å². The number of rotatable bonds is 7. The van der Waals surface area contributed by atoms with E-state index < -0.39 is 0 Å². The Morgan fingerprint density at radius 2 is 1.88 bits per heavy atom. The normalized spacial score (nSPS) is 18.9. The van der Waals surface area contributed by atoms with Gasteiger partial charge < -0.3 is 5.32 Å². The topological polar surface area (TPSA) is 24.4 Å². The molecule has 1 N–H and O–H groups in total. The highest BCUT2D eigenvalue weighted by Gasteiger charge is 2.22. The molecule has 0 radical (unpaired) electrons. The van der Waals surface area contributed by atoms with E-state index in [1.807, 2.05) is 11.8 Å². The molecule has 0 aromatic rings. The number of unbranched alkanes of at least 4 members (excludes halogenated alkanes) is 5. The first kappa shape index (κ1) is 14.9. The van der Waals surface area contributed by atoms with E-state index >= 15 is 0 Å². The van der Waals surface area contributed by atoms with Crippen LogP contribution in [-0.4, -0.2) is 24.0 Å². The standard InChI is InChI=1S/C14H28N2S/c1-4-5-6-7-8-9-10-15-13-16-11-14(2,3)12-17-13/h4-12H2,1-3H3,(H,15,16). The molecule has 1 aliphatic rings. The van der Waals surface area contributed by atoms with Crippen LogP contribution in [0, 0.1) is 5.41 Å². The molecular formula is C14H28N2S. The summed E-state index contributed by atoms with van der Waals surface area (Å²) in [5, 5.41) is 4.63. The predicted octanol–water partition coefficient (Wildman–Crippen LogP) is 4.07. The van der Waals surface area contributed by atoms with Gasteiger partial charge in [0.15, 0.2) is 5.17 Å². The Bertz CT molecular complexity index is 236. The van der Waals surface area contributed by atoms with Crippen molar-refractivity contribution in [1.29, 1.82) is 0 Å². The summed E-state index contributed by atoms with van der Waals surface area (Å²) in [6, 6.07) is 0. The summed E-state index contributed by atoms with van der Waals surface area (Å²) in [7, 11) is 0. The lowest BCUT2D eigenvalue weighted by Crippen LogP contribution is -2.31. The third-order valence-corrected chi connectivity index (χ3v) is 4.53. The number of nitrogens with zero attached hydrogens (tertiary/aromatic N) is 1. The van der Waals surface area contributed by atoms with Crippen molar-refractivity contribution >= 4 is 16.9 Å². The van der Waals surface area contributed by atoms with Crippen molar-refractivity contribution in [1.82, 2.24) is 5.32 Å². The van der Waals surface area contributed by atoms with Crippen molar-refractivity contribution in [2.24, 2.45) is 10.4 Å². The molecule has 0 spiro atoms. The molecule has 0 unspecified atom stereocenters. The molecule has 1 aliphatic heterocycles. The number of aliphatic imine (C=N–C) groups is 1. The average Bonchev–Trinajstić information content (AvgIpc) is 2.30. The van der Waals surface area contributed by atoms with E-state index in [2.05, 4.69) is 31.1 Å². The quantitative estimate of drug-likeness (QED) is 0.695. The van der Waals surface area contributed by atoms with Crippen molar-refractivity contribution < 1.29 is 0 Å². The highest BCUT2D eigenvalue weighted by atomic mass is 32.2.